The zero-order valence-electron chi connectivity index (χ0n) is 9.66. The van der Waals surface area contributed by atoms with Gasteiger partial charge < -0.3 is 10.6 Å². The lowest BCUT2D eigenvalue weighted by Crippen LogP contribution is -2.35. The highest BCUT2D eigenvalue weighted by Crippen LogP contribution is 2.29. The van der Waals surface area contributed by atoms with Gasteiger partial charge in [-0.05, 0) is 43.9 Å². The molecule has 1 aliphatic rings. The summed E-state index contributed by atoms with van der Waals surface area (Å²) in [6.07, 6.45) is 2.46. The molecule has 0 spiro atoms. The fraction of sp³-hybridized carbons (Fsp3) is 0.538. The second-order valence-corrected chi connectivity index (χ2v) is 4.56. The van der Waals surface area contributed by atoms with Gasteiger partial charge in [-0.2, -0.15) is 0 Å². The van der Waals surface area contributed by atoms with E-state index in [1.807, 2.05) is 0 Å². The summed E-state index contributed by atoms with van der Waals surface area (Å²) in [6, 6.07) is 7.24. The highest BCUT2D eigenvalue weighted by atomic mass is 15.2. The van der Waals surface area contributed by atoms with Crippen molar-refractivity contribution in [1.82, 2.24) is 0 Å². The monoisotopic (exact) mass is 204 g/mol. The molecule has 2 nitrogen and oxygen atoms in total. The van der Waals surface area contributed by atoms with Crippen molar-refractivity contribution < 1.29 is 0 Å². The molecule has 2 heteroatoms. The van der Waals surface area contributed by atoms with E-state index in [-0.39, 0.29) is 0 Å². The summed E-state index contributed by atoms with van der Waals surface area (Å²) < 4.78 is 0. The van der Waals surface area contributed by atoms with E-state index >= 15 is 0 Å². The van der Waals surface area contributed by atoms with Crippen molar-refractivity contribution in [1.29, 1.82) is 0 Å². The van der Waals surface area contributed by atoms with E-state index in [1.165, 1.54) is 36.2 Å². The van der Waals surface area contributed by atoms with Gasteiger partial charge in [0.25, 0.3) is 0 Å². The molecule has 1 aromatic carbocycles. The topological polar surface area (TPSA) is 29.3 Å². The second kappa shape index (κ2) is 4.23. The zero-order chi connectivity index (χ0) is 10.8. The predicted octanol–water partition coefficient (Wildman–Crippen LogP) is 2.31. The largest absolute Gasteiger partial charge is 0.369 e. The fourth-order valence-corrected chi connectivity index (χ4v) is 2.34. The number of benzene rings is 1. The van der Waals surface area contributed by atoms with Crippen molar-refractivity contribution in [2.75, 3.05) is 11.4 Å². The van der Waals surface area contributed by atoms with Crippen LogP contribution in [0, 0.1) is 0 Å². The highest BCUT2D eigenvalue weighted by molar-refractivity contribution is 5.57. The molecule has 0 bridgehead atoms. The minimum atomic E-state index is 0.591. The summed E-state index contributed by atoms with van der Waals surface area (Å²) in [6.45, 7) is 6.35. The summed E-state index contributed by atoms with van der Waals surface area (Å²) in [7, 11) is 0. The van der Waals surface area contributed by atoms with Crippen LogP contribution in [0.2, 0.25) is 0 Å². The Labute approximate surface area is 92.1 Å². The molecular weight excluding hydrogens is 184 g/mol. The van der Waals surface area contributed by atoms with Gasteiger partial charge in [0.05, 0.1) is 0 Å². The molecule has 0 unspecified atom stereocenters. The number of nitrogens with two attached hydrogens (primary N) is 1. The molecule has 1 heterocycles. The Bertz CT molecular complexity index is 344. The quantitative estimate of drug-likeness (QED) is 0.801. The van der Waals surface area contributed by atoms with E-state index in [0.29, 0.717) is 12.6 Å². The highest BCUT2D eigenvalue weighted by Gasteiger charge is 2.18. The molecule has 2 rings (SSSR count). The Balaban J connectivity index is 2.36. The molecule has 1 aliphatic heterocycles. The van der Waals surface area contributed by atoms with Crippen LogP contribution in [0.15, 0.2) is 18.2 Å². The summed E-state index contributed by atoms with van der Waals surface area (Å²) in [4.78, 5) is 2.49. The van der Waals surface area contributed by atoms with Gasteiger partial charge in [0.2, 0.25) is 0 Å². The molecule has 0 fully saturated rings. The molecule has 82 valence electrons. The number of fused-ring (bicyclic) bond motifs is 1. The van der Waals surface area contributed by atoms with E-state index in [9.17, 15) is 0 Å². The first-order valence-corrected chi connectivity index (χ1v) is 5.81. The number of nitrogens with zero attached hydrogens (tertiary/aromatic N) is 1. The fourth-order valence-electron chi connectivity index (χ4n) is 2.34. The standard InChI is InChI=1S/C13H20N2/c1-10(2)15-7-3-4-12-8-11(9-14)5-6-13(12)15/h5-6,8,10H,3-4,7,9,14H2,1-2H3. The van der Waals surface area contributed by atoms with Gasteiger partial charge in [0.15, 0.2) is 0 Å². The van der Waals surface area contributed by atoms with E-state index in [0.717, 1.165) is 0 Å². The molecule has 0 radical (unpaired) electrons. The van der Waals surface area contributed by atoms with Gasteiger partial charge >= 0.3 is 0 Å². The summed E-state index contributed by atoms with van der Waals surface area (Å²) in [5.74, 6) is 0. The van der Waals surface area contributed by atoms with E-state index in [1.54, 1.807) is 0 Å². The molecule has 0 aromatic heterocycles. The first-order chi connectivity index (χ1) is 7.22. The van der Waals surface area contributed by atoms with Crippen LogP contribution in [0.3, 0.4) is 0 Å². The molecule has 0 atom stereocenters. The normalized spacial score (nSPS) is 15.6. The molecule has 0 saturated heterocycles. The zero-order valence-corrected chi connectivity index (χ0v) is 9.66. The van der Waals surface area contributed by atoms with Crippen LogP contribution in [0.25, 0.3) is 0 Å². The maximum Gasteiger partial charge on any atom is 0.0401 e. The van der Waals surface area contributed by atoms with Gasteiger partial charge in [-0.25, -0.2) is 0 Å². The minimum absolute atomic E-state index is 0.591. The molecule has 0 saturated carbocycles. The van der Waals surface area contributed by atoms with Crippen LogP contribution in [-0.2, 0) is 13.0 Å². The van der Waals surface area contributed by atoms with E-state index in [4.69, 9.17) is 5.73 Å². The lowest BCUT2D eigenvalue weighted by atomic mass is 9.98. The van der Waals surface area contributed by atoms with Crippen LogP contribution >= 0.6 is 0 Å². The number of rotatable bonds is 2. The van der Waals surface area contributed by atoms with Crippen LogP contribution in [0.5, 0.6) is 0 Å². The SMILES string of the molecule is CC(C)N1CCCc2cc(CN)ccc21. The summed E-state index contributed by atoms with van der Waals surface area (Å²) in [5, 5.41) is 0. The maximum atomic E-state index is 5.66. The Morgan fingerprint density at radius 1 is 1.40 bits per heavy atom. The van der Waals surface area contributed by atoms with Crippen molar-refractivity contribution in [2.24, 2.45) is 5.73 Å². The smallest absolute Gasteiger partial charge is 0.0401 e. The number of anilines is 1. The van der Waals surface area contributed by atoms with Gasteiger partial charge in [-0.3, -0.25) is 0 Å². The summed E-state index contributed by atoms with van der Waals surface area (Å²) >= 11 is 0. The molecule has 2 N–H and O–H groups in total. The summed E-state index contributed by atoms with van der Waals surface area (Å²) in [5.41, 5.74) is 9.79. The Morgan fingerprint density at radius 2 is 2.20 bits per heavy atom. The molecular formula is C13H20N2. The third-order valence-electron chi connectivity index (χ3n) is 3.16. The molecule has 0 aliphatic carbocycles. The van der Waals surface area contributed by atoms with Crippen molar-refractivity contribution in [2.45, 2.75) is 39.3 Å². The lowest BCUT2D eigenvalue weighted by molar-refractivity contribution is 0.625. The lowest BCUT2D eigenvalue weighted by Gasteiger charge is -2.34. The van der Waals surface area contributed by atoms with Crippen LogP contribution < -0.4 is 10.6 Å². The minimum Gasteiger partial charge on any atom is -0.369 e. The third-order valence-corrected chi connectivity index (χ3v) is 3.16. The van der Waals surface area contributed by atoms with Crippen LogP contribution in [0.1, 0.15) is 31.4 Å². The van der Waals surface area contributed by atoms with Crippen molar-refractivity contribution in [3.63, 3.8) is 0 Å². The van der Waals surface area contributed by atoms with Crippen molar-refractivity contribution >= 4 is 5.69 Å². The van der Waals surface area contributed by atoms with E-state index < -0.39 is 0 Å². The van der Waals surface area contributed by atoms with Crippen LogP contribution in [-0.4, -0.2) is 12.6 Å². The number of hydrogen-bond donors (Lipinski definition) is 1. The molecule has 1 aromatic rings. The van der Waals surface area contributed by atoms with Gasteiger partial charge in [-0.15, -0.1) is 0 Å². The molecule has 0 amide bonds. The maximum absolute atomic E-state index is 5.66. The number of aryl methyl sites for hydroxylation is 1. The first-order valence-electron chi connectivity index (χ1n) is 5.81. The predicted molar refractivity (Wildman–Crippen MR) is 65.1 cm³/mol. The average molecular weight is 204 g/mol. The van der Waals surface area contributed by atoms with Gasteiger partial charge in [0.1, 0.15) is 0 Å². The average Bonchev–Trinajstić information content (AvgIpc) is 2.27. The Kier molecular flexibility index (Phi) is 2.96. The second-order valence-electron chi connectivity index (χ2n) is 4.56. The van der Waals surface area contributed by atoms with Crippen LogP contribution in [0.4, 0.5) is 5.69 Å². The third kappa shape index (κ3) is 2.00. The van der Waals surface area contributed by atoms with Gasteiger partial charge in [-0.1, -0.05) is 12.1 Å². The first kappa shape index (κ1) is 10.5. The Morgan fingerprint density at radius 3 is 2.87 bits per heavy atom. The molecule has 15 heavy (non-hydrogen) atoms. The number of hydrogen-bond acceptors (Lipinski definition) is 2. The van der Waals surface area contributed by atoms with Gasteiger partial charge in [0, 0.05) is 24.8 Å². The Hall–Kier alpha value is -1.02. The van der Waals surface area contributed by atoms with Crippen molar-refractivity contribution in [3.05, 3.63) is 29.3 Å². The van der Waals surface area contributed by atoms with E-state index in [2.05, 4.69) is 36.9 Å². The van der Waals surface area contributed by atoms with Crippen molar-refractivity contribution in [3.8, 4) is 0 Å².